The number of carbonyl (C=O) groups is 2. The van der Waals surface area contributed by atoms with Gasteiger partial charge in [-0.05, 0) is 36.8 Å². The predicted molar refractivity (Wildman–Crippen MR) is 88.7 cm³/mol. The highest BCUT2D eigenvalue weighted by atomic mass is 16.2. The van der Waals surface area contributed by atoms with E-state index in [1.165, 1.54) is 11.1 Å². The number of nitrogens with one attached hydrogen (secondary N) is 2. The largest absolute Gasteiger partial charge is 0.369 e. The van der Waals surface area contributed by atoms with Crippen molar-refractivity contribution in [2.75, 3.05) is 0 Å². The zero-order valence-corrected chi connectivity index (χ0v) is 13.4. The van der Waals surface area contributed by atoms with E-state index in [1.807, 2.05) is 12.1 Å². The van der Waals surface area contributed by atoms with E-state index in [1.54, 1.807) is 0 Å². The first-order valence-corrected chi connectivity index (χ1v) is 8.59. The summed E-state index contributed by atoms with van der Waals surface area (Å²) in [5.74, 6) is -0.553. The van der Waals surface area contributed by atoms with Gasteiger partial charge in [0.05, 0.1) is 12.0 Å². The van der Waals surface area contributed by atoms with Crippen LogP contribution in [0.1, 0.15) is 55.7 Å². The molecular formula is C18H25N3O2. The molecule has 0 spiro atoms. The molecule has 2 aliphatic carbocycles. The maximum Gasteiger partial charge on any atom is 0.315 e. The van der Waals surface area contributed by atoms with E-state index < -0.39 is 0 Å². The zero-order valence-electron chi connectivity index (χ0n) is 13.4. The first-order valence-electron chi connectivity index (χ1n) is 8.59. The number of fused-ring (bicyclic) bond motifs is 1. The molecule has 0 aromatic heterocycles. The van der Waals surface area contributed by atoms with Gasteiger partial charge in [0.15, 0.2) is 0 Å². The maximum absolute atomic E-state index is 12.4. The third kappa shape index (κ3) is 3.66. The number of primary amides is 1. The fourth-order valence-electron chi connectivity index (χ4n) is 3.90. The van der Waals surface area contributed by atoms with Gasteiger partial charge in [0.25, 0.3) is 0 Å². The lowest BCUT2D eigenvalue weighted by Crippen LogP contribution is -2.49. The maximum atomic E-state index is 12.4. The molecule has 1 aromatic rings. The number of aryl methyl sites for hydroxylation is 1. The second-order valence-corrected chi connectivity index (χ2v) is 6.66. The Morgan fingerprint density at radius 1 is 1.00 bits per heavy atom. The van der Waals surface area contributed by atoms with Crippen molar-refractivity contribution in [3.63, 3.8) is 0 Å². The fraction of sp³-hybridized carbons (Fsp3) is 0.556. The average molecular weight is 315 g/mol. The highest BCUT2D eigenvalue weighted by Crippen LogP contribution is 2.30. The van der Waals surface area contributed by atoms with E-state index in [0.717, 1.165) is 44.9 Å². The van der Waals surface area contributed by atoms with Crippen molar-refractivity contribution >= 4 is 11.9 Å². The van der Waals surface area contributed by atoms with Crippen LogP contribution in [0, 0.1) is 5.92 Å². The van der Waals surface area contributed by atoms with Crippen LogP contribution in [0.2, 0.25) is 0 Å². The van der Waals surface area contributed by atoms with Crippen molar-refractivity contribution in [1.82, 2.24) is 10.6 Å². The number of hydrogen-bond acceptors (Lipinski definition) is 2. The van der Waals surface area contributed by atoms with Crippen molar-refractivity contribution in [3.05, 3.63) is 35.4 Å². The smallest absolute Gasteiger partial charge is 0.315 e. The van der Waals surface area contributed by atoms with Crippen molar-refractivity contribution in [2.45, 2.75) is 57.0 Å². The van der Waals surface area contributed by atoms with Crippen LogP contribution in [0.3, 0.4) is 0 Å². The number of nitrogens with two attached hydrogens (primary N) is 1. The monoisotopic (exact) mass is 315 g/mol. The topological polar surface area (TPSA) is 84.2 Å². The van der Waals surface area contributed by atoms with Crippen LogP contribution in [-0.4, -0.2) is 18.0 Å². The normalized spacial score (nSPS) is 26.9. The molecular weight excluding hydrogens is 290 g/mol. The third-order valence-electron chi connectivity index (χ3n) is 5.14. The van der Waals surface area contributed by atoms with Crippen LogP contribution in [-0.2, 0) is 11.2 Å². The SMILES string of the molecule is NC(=O)C1CCCCCC1NC(=O)NC1CCc2ccccc21. The Balaban J connectivity index is 1.61. The Kier molecular flexibility index (Phi) is 4.84. The van der Waals surface area contributed by atoms with Crippen LogP contribution in [0.5, 0.6) is 0 Å². The summed E-state index contributed by atoms with van der Waals surface area (Å²) in [5, 5.41) is 6.06. The first-order chi connectivity index (χ1) is 11.1. The highest BCUT2D eigenvalue weighted by molar-refractivity contribution is 5.80. The number of benzene rings is 1. The summed E-state index contributed by atoms with van der Waals surface area (Å²) in [7, 11) is 0. The van der Waals surface area contributed by atoms with E-state index in [2.05, 4.69) is 22.8 Å². The Labute approximate surface area is 137 Å². The second kappa shape index (κ2) is 7.02. The van der Waals surface area contributed by atoms with Crippen molar-refractivity contribution < 1.29 is 9.59 Å². The lowest BCUT2D eigenvalue weighted by molar-refractivity contribution is -0.122. The molecule has 1 fully saturated rings. The fourth-order valence-corrected chi connectivity index (χ4v) is 3.90. The van der Waals surface area contributed by atoms with Gasteiger partial charge < -0.3 is 16.4 Å². The molecule has 0 aliphatic heterocycles. The van der Waals surface area contributed by atoms with E-state index in [0.29, 0.717) is 0 Å². The van der Waals surface area contributed by atoms with Gasteiger partial charge in [-0.25, -0.2) is 4.79 Å². The molecule has 3 unspecified atom stereocenters. The lowest BCUT2D eigenvalue weighted by atomic mass is 9.94. The molecule has 0 saturated heterocycles. The molecule has 5 heteroatoms. The molecule has 5 nitrogen and oxygen atoms in total. The molecule has 3 atom stereocenters. The highest BCUT2D eigenvalue weighted by Gasteiger charge is 2.30. The van der Waals surface area contributed by atoms with Gasteiger partial charge in [-0.1, -0.05) is 43.5 Å². The third-order valence-corrected chi connectivity index (χ3v) is 5.14. The Morgan fingerprint density at radius 2 is 1.78 bits per heavy atom. The quantitative estimate of drug-likeness (QED) is 0.748. The van der Waals surface area contributed by atoms with Crippen molar-refractivity contribution in [2.24, 2.45) is 11.7 Å². The molecule has 2 aliphatic rings. The van der Waals surface area contributed by atoms with Crippen molar-refractivity contribution in [1.29, 1.82) is 0 Å². The zero-order chi connectivity index (χ0) is 16.2. The Bertz CT molecular complexity index is 587. The molecule has 23 heavy (non-hydrogen) atoms. The van der Waals surface area contributed by atoms with E-state index in [4.69, 9.17) is 5.73 Å². The summed E-state index contributed by atoms with van der Waals surface area (Å²) in [6.45, 7) is 0. The predicted octanol–water partition coefficient (Wildman–Crippen LogP) is 2.41. The van der Waals surface area contributed by atoms with Gasteiger partial charge in [0, 0.05) is 6.04 Å². The molecule has 1 saturated carbocycles. The summed E-state index contributed by atoms with van der Waals surface area (Å²) in [5.41, 5.74) is 8.03. The number of carbonyl (C=O) groups excluding carboxylic acids is 2. The van der Waals surface area contributed by atoms with Crippen LogP contribution < -0.4 is 16.4 Å². The Hall–Kier alpha value is -2.04. The van der Waals surface area contributed by atoms with Crippen molar-refractivity contribution in [3.8, 4) is 0 Å². The van der Waals surface area contributed by atoms with E-state index in [-0.39, 0.29) is 29.9 Å². The molecule has 3 rings (SSSR count). The number of amides is 3. The van der Waals surface area contributed by atoms with Crippen LogP contribution in [0.15, 0.2) is 24.3 Å². The molecule has 124 valence electrons. The second-order valence-electron chi connectivity index (χ2n) is 6.66. The number of hydrogen-bond donors (Lipinski definition) is 3. The summed E-state index contributed by atoms with van der Waals surface area (Å²) in [6, 6.07) is 7.95. The minimum atomic E-state index is -0.302. The molecule has 0 bridgehead atoms. The number of urea groups is 1. The van der Waals surface area contributed by atoms with Gasteiger partial charge in [-0.3, -0.25) is 4.79 Å². The summed E-state index contributed by atoms with van der Waals surface area (Å²) in [6.07, 6.45) is 6.64. The summed E-state index contributed by atoms with van der Waals surface area (Å²) in [4.78, 5) is 24.0. The van der Waals surface area contributed by atoms with Crippen LogP contribution >= 0.6 is 0 Å². The van der Waals surface area contributed by atoms with Gasteiger partial charge in [0.1, 0.15) is 0 Å². The van der Waals surface area contributed by atoms with Gasteiger partial charge in [0.2, 0.25) is 5.91 Å². The van der Waals surface area contributed by atoms with Gasteiger partial charge in [-0.2, -0.15) is 0 Å². The van der Waals surface area contributed by atoms with E-state index >= 15 is 0 Å². The molecule has 1 aromatic carbocycles. The first kappa shape index (κ1) is 15.8. The van der Waals surface area contributed by atoms with E-state index in [9.17, 15) is 9.59 Å². The number of rotatable bonds is 3. The van der Waals surface area contributed by atoms with Gasteiger partial charge >= 0.3 is 6.03 Å². The molecule has 0 radical (unpaired) electrons. The standard InChI is InChI=1S/C18H25N3O2/c19-17(22)14-8-2-1-3-9-15(14)20-18(23)21-16-11-10-12-6-4-5-7-13(12)16/h4-7,14-16H,1-3,8-11H2,(H2,19,22)(H2,20,21,23). The van der Waals surface area contributed by atoms with Gasteiger partial charge in [-0.15, -0.1) is 0 Å². The van der Waals surface area contributed by atoms with Crippen LogP contribution in [0.25, 0.3) is 0 Å². The Morgan fingerprint density at radius 3 is 2.61 bits per heavy atom. The minimum absolute atomic E-state index is 0.0593. The molecule has 0 heterocycles. The summed E-state index contributed by atoms with van der Waals surface area (Å²) >= 11 is 0. The lowest BCUT2D eigenvalue weighted by Gasteiger charge is -2.25. The molecule has 3 amide bonds. The average Bonchev–Trinajstić information content (AvgIpc) is 2.77. The summed E-state index contributed by atoms with van der Waals surface area (Å²) < 4.78 is 0. The minimum Gasteiger partial charge on any atom is -0.369 e. The molecule has 4 N–H and O–H groups in total. The van der Waals surface area contributed by atoms with Crippen LogP contribution in [0.4, 0.5) is 4.79 Å².